The SMILES string of the molecule is COc1ccc(CN(C)C(=O)[C@H](C)N2CCCC2=O)c2cccnc12. The van der Waals surface area contributed by atoms with Crippen molar-refractivity contribution < 1.29 is 14.3 Å². The van der Waals surface area contributed by atoms with Gasteiger partial charge >= 0.3 is 0 Å². The molecule has 0 aliphatic carbocycles. The van der Waals surface area contributed by atoms with Gasteiger partial charge in [0, 0.05) is 38.1 Å². The van der Waals surface area contributed by atoms with E-state index in [0.717, 1.165) is 22.9 Å². The number of hydrogen-bond donors (Lipinski definition) is 0. The summed E-state index contributed by atoms with van der Waals surface area (Å²) in [5, 5.41) is 0.964. The van der Waals surface area contributed by atoms with Crippen LogP contribution in [0.3, 0.4) is 0 Å². The van der Waals surface area contributed by atoms with E-state index in [9.17, 15) is 9.59 Å². The Bertz CT molecular complexity index is 806. The van der Waals surface area contributed by atoms with Crippen LogP contribution in [0.25, 0.3) is 10.9 Å². The molecule has 1 aliphatic heterocycles. The number of nitrogens with zero attached hydrogens (tertiary/aromatic N) is 3. The number of hydrogen-bond acceptors (Lipinski definition) is 4. The Labute approximate surface area is 147 Å². The molecule has 0 N–H and O–H groups in total. The molecule has 2 aromatic rings. The van der Waals surface area contributed by atoms with Crippen molar-refractivity contribution in [2.24, 2.45) is 0 Å². The highest BCUT2D eigenvalue weighted by molar-refractivity contribution is 5.90. The van der Waals surface area contributed by atoms with Gasteiger partial charge in [0.1, 0.15) is 17.3 Å². The standard InChI is InChI=1S/C19H23N3O3/c1-13(22-11-5-7-17(22)23)19(24)21(2)12-14-8-9-16(25-3)18-15(14)6-4-10-20-18/h4,6,8-10,13H,5,7,11-12H2,1-3H3/t13-/m0/s1. The van der Waals surface area contributed by atoms with Crippen molar-refractivity contribution in [1.82, 2.24) is 14.8 Å². The highest BCUT2D eigenvalue weighted by atomic mass is 16.5. The molecule has 1 aromatic carbocycles. The van der Waals surface area contributed by atoms with Gasteiger partial charge in [-0.15, -0.1) is 0 Å². The van der Waals surface area contributed by atoms with Crippen LogP contribution in [-0.4, -0.2) is 53.3 Å². The molecule has 1 aromatic heterocycles. The average Bonchev–Trinajstić information content (AvgIpc) is 3.06. The predicted octanol–water partition coefficient (Wildman–Crippen LogP) is 2.21. The minimum atomic E-state index is -0.428. The molecule has 1 atom stereocenters. The molecule has 6 heteroatoms. The van der Waals surface area contributed by atoms with Crippen molar-refractivity contribution in [2.75, 3.05) is 20.7 Å². The number of ether oxygens (including phenoxy) is 1. The summed E-state index contributed by atoms with van der Waals surface area (Å²) in [5.41, 5.74) is 1.78. The fourth-order valence-electron chi connectivity index (χ4n) is 3.37. The lowest BCUT2D eigenvalue weighted by Gasteiger charge is -2.28. The van der Waals surface area contributed by atoms with Crippen molar-refractivity contribution in [3.8, 4) is 5.75 Å². The van der Waals surface area contributed by atoms with Crippen LogP contribution < -0.4 is 4.74 Å². The summed E-state index contributed by atoms with van der Waals surface area (Å²) in [6.07, 6.45) is 3.09. The van der Waals surface area contributed by atoms with Gasteiger partial charge in [0.25, 0.3) is 0 Å². The summed E-state index contributed by atoms with van der Waals surface area (Å²) in [6, 6.07) is 7.25. The van der Waals surface area contributed by atoms with Gasteiger partial charge in [0.2, 0.25) is 11.8 Å². The van der Waals surface area contributed by atoms with Crippen LogP contribution in [0.2, 0.25) is 0 Å². The summed E-state index contributed by atoms with van der Waals surface area (Å²) in [6.45, 7) is 2.92. The molecule has 2 amide bonds. The Kier molecular flexibility index (Phi) is 4.88. The van der Waals surface area contributed by atoms with Gasteiger partial charge in [-0.05, 0) is 31.0 Å². The number of likely N-dealkylation sites (N-methyl/N-ethyl adjacent to an activating group) is 1. The van der Waals surface area contributed by atoms with Crippen molar-refractivity contribution in [2.45, 2.75) is 32.4 Å². The third-order valence-electron chi connectivity index (χ3n) is 4.76. The van der Waals surface area contributed by atoms with E-state index < -0.39 is 6.04 Å². The van der Waals surface area contributed by atoms with E-state index in [1.54, 1.807) is 37.1 Å². The number of carbonyl (C=O) groups is 2. The third kappa shape index (κ3) is 3.29. The Morgan fingerprint density at radius 1 is 1.40 bits per heavy atom. The first-order valence-electron chi connectivity index (χ1n) is 8.48. The third-order valence-corrected chi connectivity index (χ3v) is 4.76. The van der Waals surface area contributed by atoms with Crippen molar-refractivity contribution >= 4 is 22.7 Å². The second kappa shape index (κ2) is 7.09. The zero-order valence-corrected chi connectivity index (χ0v) is 14.9. The molecule has 0 spiro atoms. The average molecular weight is 341 g/mol. The van der Waals surface area contributed by atoms with Crippen LogP contribution in [-0.2, 0) is 16.1 Å². The van der Waals surface area contributed by atoms with Gasteiger partial charge in [0.05, 0.1) is 7.11 Å². The molecule has 1 fully saturated rings. The summed E-state index contributed by atoms with van der Waals surface area (Å²) in [5.74, 6) is 0.723. The number of fused-ring (bicyclic) bond motifs is 1. The lowest BCUT2D eigenvalue weighted by atomic mass is 10.1. The molecule has 1 saturated heterocycles. The van der Waals surface area contributed by atoms with Crippen LogP contribution in [0.5, 0.6) is 5.75 Å². The molecule has 0 saturated carbocycles. The largest absolute Gasteiger partial charge is 0.494 e. The second-order valence-electron chi connectivity index (χ2n) is 6.39. The zero-order valence-electron chi connectivity index (χ0n) is 14.9. The number of amides is 2. The van der Waals surface area contributed by atoms with Gasteiger partial charge < -0.3 is 14.5 Å². The molecule has 25 heavy (non-hydrogen) atoms. The maximum Gasteiger partial charge on any atom is 0.245 e. The van der Waals surface area contributed by atoms with E-state index in [2.05, 4.69) is 4.98 Å². The molecular weight excluding hydrogens is 318 g/mol. The maximum atomic E-state index is 12.7. The highest BCUT2D eigenvalue weighted by Crippen LogP contribution is 2.27. The Hall–Kier alpha value is -2.63. The van der Waals surface area contributed by atoms with Crippen LogP contribution in [0.4, 0.5) is 0 Å². The smallest absolute Gasteiger partial charge is 0.245 e. The van der Waals surface area contributed by atoms with Crippen LogP contribution in [0.15, 0.2) is 30.5 Å². The van der Waals surface area contributed by atoms with Gasteiger partial charge in [-0.3, -0.25) is 14.6 Å². The number of methoxy groups -OCH3 is 1. The first-order chi connectivity index (χ1) is 12.0. The molecule has 6 nitrogen and oxygen atoms in total. The van der Waals surface area contributed by atoms with Gasteiger partial charge in [-0.1, -0.05) is 12.1 Å². The first-order valence-corrected chi connectivity index (χ1v) is 8.48. The van der Waals surface area contributed by atoms with E-state index in [0.29, 0.717) is 25.3 Å². The molecular formula is C19H23N3O3. The lowest BCUT2D eigenvalue weighted by Crippen LogP contribution is -2.46. The van der Waals surface area contributed by atoms with Crippen molar-refractivity contribution in [3.05, 3.63) is 36.0 Å². The number of carbonyl (C=O) groups excluding carboxylic acids is 2. The molecule has 0 unspecified atom stereocenters. The Morgan fingerprint density at radius 2 is 2.20 bits per heavy atom. The predicted molar refractivity (Wildman–Crippen MR) is 95.2 cm³/mol. The normalized spacial score (nSPS) is 15.5. The quantitative estimate of drug-likeness (QED) is 0.836. The Morgan fingerprint density at radius 3 is 2.88 bits per heavy atom. The molecule has 0 radical (unpaired) electrons. The summed E-state index contributed by atoms with van der Waals surface area (Å²) < 4.78 is 5.37. The monoisotopic (exact) mass is 341 g/mol. The summed E-state index contributed by atoms with van der Waals surface area (Å²) in [7, 11) is 3.39. The fraction of sp³-hybridized carbons (Fsp3) is 0.421. The van der Waals surface area contributed by atoms with E-state index >= 15 is 0 Å². The van der Waals surface area contributed by atoms with Gasteiger partial charge in [-0.25, -0.2) is 0 Å². The molecule has 1 aliphatic rings. The molecule has 3 rings (SSSR count). The maximum absolute atomic E-state index is 12.7. The first kappa shape index (κ1) is 17.2. The number of rotatable bonds is 5. The van der Waals surface area contributed by atoms with Crippen LogP contribution in [0.1, 0.15) is 25.3 Å². The van der Waals surface area contributed by atoms with Crippen molar-refractivity contribution in [1.29, 1.82) is 0 Å². The minimum Gasteiger partial charge on any atom is -0.494 e. The molecule has 132 valence electrons. The molecule has 0 bridgehead atoms. The van der Waals surface area contributed by atoms with Gasteiger partial charge in [0.15, 0.2) is 0 Å². The van der Waals surface area contributed by atoms with Crippen LogP contribution >= 0.6 is 0 Å². The number of benzene rings is 1. The fourth-order valence-corrected chi connectivity index (χ4v) is 3.37. The van der Waals surface area contributed by atoms with E-state index in [4.69, 9.17) is 4.74 Å². The van der Waals surface area contributed by atoms with E-state index in [1.807, 2.05) is 24.3 Å². The summed E-state index contributed by atoms with van der Waals surface area (Å²) in [4.78, 5) is 32.3. The molecule has 2 heterocycles. The van der Waals surface area contributed by atoms with E-state index in [1.165, 1.54) is 0 Å². The second-order valence-corrected chi connectivity index (χ2v) is 6.39. The lowest BCUT2D eigenvalue weighted by molar-refractivity contribution is -0.142. The van der Waals surface area contributed by atoms with E-state index in [-0.39, 0.29) is 11.8 Å². The summed E-state index contributed by atoms with van der Waals surface area (Å²) >= 11 is 0. The van der Waals surface area contributed by atoms with Crippen molar-refractivity contribution in [3.63, 3.8) is 0 Å². The van der Waals surface area contributed by atoms with Gasteiger partial charge in [-0.2, -0.15) is 0 Å². The number of aromatic nitrogens is 1. The topological polar surface area (TPSA) is 62.7 Å². The minimum absolute atomic E-state index is 0.0527. The number of likely N-dealkylation sites (tertiary alicyclic amines) is 1. The van der Waals surface area contributed by atoms with Crippen LogP contribution in [0, 0.1) is 0 Å². The number of pyridine rings is 1. The highest BCUT2D eigenvalue weighted by Gasteiger charge is 2.31. The zero-order chi connectivity index (χ0) is 18.0. The Balaban J connectivity index is 1.81.